The van der Waals surface area contributed by atoms with Gasteiger partial charge in [-0.3, -0.25) is 5.32 Å². The fourth-order valence-electron chi connectivity index (χ4n) is 2.87. The monoisotopic (exact) mass is 302 g/mol. The van der Waals surface area contributed by atoms with E-state index in [1.807, 2.05) is 30.3 Å². The summed E-state index contributed by atoms with van der Waals surface area (Å²) >= 11 is 0. The second-order valence-corrected chi connectivity index (χ2v) is 5.77. The normalized spacial score (nSPS) is 13.4. The molecule has 0 heterocycles. The lowest BCUT2D eigenvalue weighted by atomic mass is 9.95. The van der Waals surface area contributed by atoms with E-state index in [0.717, 1.165) is 11.3 Å². The van der Waals surface area contributed by atoms with Gasteiger partial charge in [0.2, 0.25) is 0 Å². The van der Waals surface area contributed by atoms with Gasteiger partial charge in [0.05, 0.1) is 6.04 Å². The molecule has 116 valence electrons. The number of para-hydroxylation sites is 1. The van der Waals surface area contributed by atoms with Gasteiger partial charge in [-0.15, -0.1) is 0 Å². The Labute approximate surface area is 138 Å². The minimum Gasteiger partial charge on any atom is -0.398 e. The van der Waals surface area contributed by atoms with Crippen LogP contribution in [-0.2, 0) is 0 Å². The first-order chi connectivity index (χ1) is 11.3. The molecule has 0 amide bonds. The molecule has 0 aliphatic carbocycles. The Morgan fingerprint density at radius 1 is 0.696 bits per heavy atom. The fourth-order valence-corrected chi connectivity index (χ4v) is 2.87. The molecule has 3 aromatic rings. The summed E-state index contributed by atoms with van der Waals surface area (Å²) in [5, 5.41) is 3.73. The molecular weight excluding hydrogens is 280 g/mol. The van der Waals surface area contributed by atoms with E-state index in [9.17, 15) is 0 Å². The van der Waals surface area contributed by atoms with Crippen LogP contribution in [0.3, 0.4) is 0 Å². The number of anilines is 1. The summed E-state index contributed by atoms with van der Waals surface area (Å²) in [6.45, 7) is 2.18. The maximum Gasteiger partial charge on any atom is 0.0601 e. The Morgan fingerprint density at radius 3 is 1.83 bits per heavy atom. The molecule has 2 atom stereocenters. The molecule has 2 nitrogen and oxygen atoms in total. The third kappa shape index (κ3) is 3.61. The lowest BCUT2D eigenvalue weighted by Gasteiger charge is -2.25. The minimum atomic E-state index is 0.0626. The molecule has 0 aliphatic heterocycles. The molecular formula is C21H22N2. The van der Waals surface area contributed by atoms with Crippen molar-refractivity contribution in [3.05, 3.63) is 102 Å². The number of benzene rings is 3. The Kier molecular flexibility index (Phi) is 4.74. The van der Waals surface area contributed by atoms with Crippen molar-refractivity contribution in [1.29, 1.82) is 0 Å². The lowest BCUT2D eigenvalue weighted by Crippen LogP contribution is -2.26. The molecule has 0 saturated carbocycles. The Balaban J connectivity index is 1.95. The molecule has 3 aromatic carbocycles. The van der Waals surface area contributed by atoms with Crippen LogP contribution < -0.4 is 11.1 Å². The van der Waals surface area contributed by atoms with Crippen LogP contribution in [0.4, 0.5) is 5.69 Å². The van der Waals surface area contributed by atoms with Crippen molar-refractivity contribution in [2.45, 2.75) is 19.0 Å². The highest BCUT2D eigenvalue weighted by Crippen LogP contribution is 2.29. The zero-order valence-electron chi connectivity index (χ0n) is 13.3. The summed E-state index contributed by atoms with van der Waals surface area (Å²) in [6, 6.07) is 29.3. The van der Waals surface area contributed by atoms with Crippen LogP contribution in [0.25, 0.3) is 0 Å². The van der Waals surface area contributed by atoms with Crippen LogP contribution in [0.2, 0.25) is 0 Å². The number of rotatable bonds is 5. The fraction of sp³-hybridized carbons (Fsp3) is 0.143. The zero-order chi connectivity index (χ0) is 16.1. The van der Waals surface area contributed by atoms with E-state index in [4.69, 9.17) is 5.73 Å². The first kappa shape index (κ1) is 15.3. The van der Waals surface area contributed by atoms with Crippen molar-refractivity contribution in [3.63, 3.8) is 0 Å². The number of nitrogens with one attached hydrogen (secondary N) is 1. The van der Waals surface area contributed by atoms with E-state index in [0.29, 0.717) is 0 Å². The molecule has 0 aromatic heterocycles. The van der Waals surface area contributed by atoms with Gasteiger partial charge in [-0.1, -0.05) is 78.9 Å². The third-order valence-corrected chi connectivity index (χ3v) is 4.16. The number of hydrogen-bond acceptors (Lipinski definition) is 2. The van der Waals surface area contributed by atoms with E-state index in [2.05, 4.69) is 66.8 Å². The first-order valence-corrected chi connectivity index (χ1v) is 7.96. The third-order valence-electron chi connectivity index (χ3n) is 4.16. The van der Waals surface area contributed by atoms with E-state index >= 15 is 0 Å². The molecule has 3 rings (SSSR count). The molecule has 0 spiro atoms. The molecule has 0 radical (unpaired) electrons. The summed E-state index contributed by atoms with van der Waals surface area (Å²) in [7, 11) is 0. The van der Waals surface area contributed by atoms with E-state index in [1.165, 1.54) is 11.1 Å². The van der Waals surface area contributed by atoms with E-state index in [-0.39, 0.29) is 12.1 Å². The zero-order valence-corrected chi connectivity index (χ0v) is 13.3. The van der Waals surface area contributed by atoms with Gasteiger partial charge in [0.1, 0.15) is 0 Å². The van der Waals surface area contributed by atoms with Crippen molar-refractivity contribution < 1.29 is 0 Å². The van der Waals surface area contributed by atoms with Crippen molar-refractivity contribution >= 4 is 5.69 Å². The first-order valence-electron chi connectivity index (χ1n) is 7.96. The summed E-state index contributed by atoms with van der Waals surface area (Å²) in [6.07, 6.45) is 0. The number of nitrogens with two attached hydrogens (primary N) is 1. The maximum absolute atomic E-state index is 6.23. The van der Waals surface area contributed by atoms with Crippen LogP contribution in [0.1, 0.15) is 35.7 Å². The van der Waals surface area contributed by atoms with E-state index < -0.39 is 0 Å². The minimum absolute atomic E-state index is 0.0626. The van der Waals surface area contributed by atoms with Gasteiger partial charge in [0, 0.05) is 11.7 Å². The smallest absolute Gasteiger partial charge is 0.0601 e. The standard InChI is InChI=1S/C21H22N2/c1-16(17-10-4-2-5-11-17)23-21(18-12-6-3-7-13-18)19-14-8-9-15-20(19)22/h2-16,21,23H,22H2,1H3. The van der Waals surface area contributed by atoms with Gasteiger partial charge in [0.25, 0.3) is 0 Å². The lowest BCUT2D eigenvalue weighted by molar-refractivity contribution is 0.517. The van der Waals surface area contributed by atoms with Gasteiger partial charge in [-0.2, -0.15) is 0 Å². The van der Waals surface area contributed by atoms with Crippen LogP contribution in [0.5, 0.6) is 0 Å². The van der Waals surface area contributed by atoms with Crippen molar-refractivity contribution in [2.75, 3.05) is 5.73 Å². The molecule has 0 saturated heterocycles. The molecule has 23 heavy (non-hydrogen) atoms. The quantitative estimate of drug-likeness (QED) is 0.670. The molecule has 2 unspecified atom stereocenters. The molecule has 0 bridgehead atoms. The number of hydrogen-bond donors (Lipinski definition) is 2. The number of nitrogen functional groups attached to an aromatic ring is 1. The summed E-state index contributed by atoms with van der Waals surface area (Å²) in [4.78, 5) is 0. The SMILES string of the molecule is CC(NC(c1ccccc1)c1ccccc1N)c1ccccc1. The topological polar surface area (TPSA) is 38.0 Å². The van der Waals surface area contributed by atoms with Gasteiger partial charge >= 0.3 is 0 Å². The molecule has 0 fully saturated rings. The average Bonchev–Trinajstić information content (AvgIpc) is 2.62. The van der Waals surface area contributed by atoms with Crippen LogP contribution >= 0.6 is 0 Å². The predicted molar refractivity (Wildman–Crippen MR) is 97.1 cm³/mol. The van der Waals surface area contributed by atoms with Crippen LogP contribution in [0.15, 0.2) is 84.9 Å². The van der Waals surface area contributed by atoms with Crippen molar-refractivity contribution in [1.82, 2.24) is 5.32 Å². The molecule has 2 heteroatoms. The van der Waals surface area contributed by atoms with Crippen LogP contribution in [-0.4, -0.2) is 0 Å². The molecule has 0 aliphatic rings. The van der Waals surface area contributed by atoms with Gasteiger partial charge in [0.15, 0.2) is 0 Å². The summed E-state index contributed by atoms with van der Waals surface area (Å²) in [5.41, 5.74) is 10.6. The summed E-state index contributed by atoms with van der Waals surface area (Å²) in [5.74, 6) is 0. The second-order valence-electron chi connectivity index (χ2n) is 5.77. The van der Waals surface area contributed by atoms with Crippen molar-refractivity contribution in [3.8, 4) is 0 Å². The largest absolute Gasteiger partial charge is 0.398 e. The average molecular weight is 302 g/mol. The van der Waals surface area contributed by atoms with Gasteiger partial charge in [-0.25, -0.2) is 0 Å². The Hall–Kier alpha value is -2.58. The maximum atomic E-state index is 6.23. The highest BCUT2D eigenvalue weighted by molar-refractivity contribution is 5.51. The van der Waals surface area contributed by atoms with Gasteiger partial charge in [-0.05, 0) is 29.7 Å². The Bertz CT molecular complexity index is 738. The highest BCUT2D eigenvalue weighted by Gasteiger charge is 2.19. The highest BCUT2D eigenvalue weighted by atomic mass is 14.9. The van der Waals surface area contributed by atoms with Crippen molar-refractivity contribution in [2.24, 2.45) is 0 Å². The Morgan fingerprint density at radius 2 is 1.22 bits per heavy atom. The van der Waals surface area contributed by atoms with Crippen LogP contribution in [0, 0.1) is 0 Å². The summed E-state index contributed by atoms with van der Waals surface area (Å²) < 4.78 is 0. The molecule has 3 N–H and O–H groups in total. The van der Waals surface area contributed by atoms with E-state index in [1.54, 1.807) is 0 Å². The van der Waals surface area contributed by atoms with Gasteiger partial charge < -0.3 is 5.73 Å². The predicted octanol–water partition coefficient (Wildman–Crippen LogP) is 4.71. The second kappa shape index (κ2) is 7.12.